The quantitative estimate of drug-likeness (QED) is 0.895. The van der Waals surface area contributed by atoms with Gasteiger partial charge in [-0.15, -0.1) is 0 Å². The molecule has 1 aliphatic carbocycles. The Balaban J connectivity index is 2.12. The fourth-order valence-corrected chi connectivity index (χ4v) is 2.85. The van der Waals surface area contributed by atoms with E-state index in [4.69, 9.17) is 5.73 Å². The highest BCUT2D eigenvalue weighted by atomic mass is 19.1. The molecule has 2 rings (SSSR count). The lowest BCUT2D eigenvalue weighted by molar-refractivity contribution is 0.122. The van der Waals surface area contributed by atoms with Gasteiger partial charge in [0.05, 0.1) is 0 Å². The standard InChI is InChI=1S/C14H20F2N2/c1-18(14(10-17)6-2-3-7-14)9-11-4-5-12(15)8-13(11)16/h4-5,8H,2-3,6-7,9-10,17H2,1H3. The zero-order valence-corrected chi connectivity index (χ0v) is 10.8. The SMILES string of the molecule is CN(Cc1ccc(F)cc1F)C1(CN)CCCC1. The molecule has 0 unspecified atom stereocenters. The van der Waals surface area contributed by atoms with E-state index in [1.54, 1.807) is 0 Å². The number of rotatable bonds is 4. The van der Waals surface area contributed by atoms with Gasteiger partial charge in [0.1, 0.15) is 11.6 Å². The zero-order chi connectivity index (χ0) is 13.2. The van der Waals surface area contributed by atoms with Crippen molar-refractivity contribution < 1.29 is 8.78 Å². The minimum absolute atomic E-state index is 0.0131. The molecule has 100 valence electrons. The number of nitrogens with zero attached hydrogens (tertiary/aromatic N) is 1. The Labute approximate surface area is 107 Å². The molecule has 18 heavy (non-hydrogen) atoms. The predicted molar refractivity (Wildman–Crippen MR) is 68.1 cm³/mol. The van der Waals surface area contributed by atoms with Crippen molar-refractivity contribution >= 4 is 0 Å². The summed E-state index contributed by atoms with van der Waals surface area (Å²) in [7, 11) is 1.97. The summed E-state index contributed by atoms with van der Waals surface area (Å²) in [6.45, 7) is 1.07. The first-order chi connectivity index (χ1) is 8.57. The van der Waals surface area contributed by atoms with Crippen molar-refractivity contribution in [3.8, 4) is 0 Å². The molecule has 2 nitrogen and oxygen atoms in total. The third-order valence-corrected chi connectivity index (χ3v) is 4.15. The van der Waals surface area contributed by atoms with E-state index >= 15 is 0 Å². The van der Waals surface area contributed by atoms with E-state index in [0.29, 0.717) is 18.7 Å². The molecule has 0 heterocycles. The Morgan fingerprint density at radius 1 is 1.28 bits per heavy atom. The van der Waals surface area contributed by atoms with Gasteiger partial charge < -0.3 is 5.73 Å². The van der Waals surface area contributed by atoms with E-state index in [2.05, 4.69) is 4.90 Å². The van der Waals surface area contributed by atoms with Gasteiger partial charge >= 0.3 is 0 Å². The molecule has 0 atom stereocenters. The Kier molecular flexibility index (Phi) is 3.97. The average molecular weight is 254 g/mol. The molecular formula is C14H20F2N2. The summed E-state index contributed by atoms with van der Waals surface area (Å²) in [5.74, 6) is -1.01. The molecule has 0 spiro atoms. The fourth-order valence-electron chi connectivity index (χ4n) is 2.85. The van der Waals surface area contributed by atoms with Crippen molar-refractivity contribution in [3.63, 3.8) is 0 Å². The molecule has 0 radical (unpaired) electrons. The average Bonchev–Trinajstić information content (AvgIpc) is 2.82. The normalized spacial score (nSPS) is 18.5. The van der Waals surface area contributed by atoms with Gasteiger partial charge in [0.25, 0.3) is 0 Å². The lowest BCUT2D eigenvalue weighted by Gasteiger charge is -2.38. The lowest BCUT2D eigenvalue weighted by Crippen LogP contribution is -2.49. The number of hydrogen-bond acceptors (Lipinski definition) is 2. The molecule has 1 aromatic carbocycles. The second-order valence-electron chi connectivity index (χ2n) is 5.23. The number of halogens is 2. The number of likely N-dealkylation sites (N-methyl/N-ethyl adjacent to an activating group) is 1. The second-order valence-corrected chi connectivity index (χ2v) is 5.23. The Morgan fingerprint density at radius 3 is 2.50 bits per heavy atom. The fraction of sp³-hybridized carbons (Fsp3) is 0.571. The number of benzene rings is 1. The molecule has 1 aliphatic rings. The topological polar surface area (TPSA) is 29.3 Å². The van der Waals surface area contributed by atoms with Crippen molar-refractivity contribution in [2.45, 2.75) is 37.8 Å². The zero-order valence-electron chi connectivity index (χ0n) is 10.8. The van der Waals surface area contributed by atoms with Crippen LogP contribution in [0.3, 0.4) is 0 Å². The summed E-state index contributed by atoms with van der Waals surface area (Å²) in [6, 6.07) is 3.75. The van der Waals surface area contributed by atoms with Crippen molar-refractivity contribution in [2.24, 2.45) is 5.73 Å². The van der Waals surface area contributed by atoms with Crippen LogP contribution in [0.15, 0.2) is 18.2 Å². The molecule has 2 N–H and O–H groups in total. The van der Waals surface area contributed by atoms with Gasteiger partial charge in [-0.3, -0.25) is 4.90 Å². The molecule has 1 saturated carbocycles. The lowest BCUT2D eigenvalue weighted by atomic mass is 9.95. The summed E-state index contributed by atoms with van der Waals surface area (Å²) in [4.78, 5) is 2.12. The minimum atomic E-state index is -0.534. The summed E-state index contributed by atoms with van der Waals surface area (Å²) < 4.78 is 26.5. The van der Waals surface area contributed by atoms with Gasteiger partial charge in [-0.2, -0.15) is 0 Å². The van der Waals surface area contributed by atoms with Crippen LogP contribution in [-0.4, -0.2) is 24.0 Å². The van der Waals surface area contributed by atoms with Gasteiger partial charge in [-0.25, -0.2) is 8.78 Å². The molecule has 0 bridgehead atoms. The highest BCUT2D eigenvalue weighted by molar-refractivity contribution is 5.19. The van der Waals surface area contributed by atoms with Crippen molar-refractivity contribution in [1.29, 1.82) is 0 Å². The summed E-state index contributed by atoms with van der Waals surface area (Å²) in [5, 5.41) is 0. The Bertz CT molecular complexity index is 414. The third-order valence-electron chi connectivity index (χ3n) is 4.15. The Hall–Kier alpha value is -1.00. The molecule has 0 aliphatic heterocycles. The van der Waals surface area contributed by atoms with Gasteiger partial charge in [0, 0.05) is 30.3 Å². The highest BCUT2D eigenvalue weighted by Gasteiger charge is 2.36. The van der Waals surface area contributed by atoms with Crippen molar-refractivity contribution in [2.75, 3.05) is 13.6 Å². The van der Waals surface area contributed by atoms with E-state index in [0.717, 1.165) is 18.9 Å². The van der Waals surface area contributed by atoms with Crippen LogP contribution in [0.5, 0.6) is 0 Å². The van der Waals surface area contributed by atoms with Crippen molar-refractivity contribution in [3.05, 3.63) is 35.4 Å². The smallest absolute Gasteiger partial charge is 0.130 e. The van der Waals surface area contributed by atoms with Gasteiger partial charge in [-0.05, 0) is 26.0 Å². The minimum Gasteiger partial charge on any atom is -0.329 e. The summed E-state index contributed by atoms with van der Waals surface area (Å²) in [6.07, 6.45) is 4.46. The van der Waals surface area contributed by atoms with Crippen LogP contribution in [-0.2, 0) is 6.54 Å². The van der Waals surface area contributed by atoms with E-state index in [1.807, 2.05) is 7.05 Å². The maximum absolute atomic E-state index is 13.6. The monoisotopic (exact) mass is 254 g/mol. The van der Waals surface area contributed by atoms with E-state index in [1.165, 1.54) is 25.0 Å². The highest BCUT2D eigenvalue weighted by Crippen LogP contribution is 2.34. The van der Waals surface area contributed by atoms with Crippen LogP contribution in [0.25, 0.3) is 0 Å². The maximum Gasteiger partial charge on any atom is 0.130 e. The summed E-state index contributed by atoms with van der Waals surface area (Å²) >= 11 is 0. The number of nitrogens with two attached hydrogens (primary N) is 1. The largest absolute Gasteiger partial charge is 0.329 e. The maximum atomic E-state index is 13.6. The summed E-state index contributed by atoms with van der Waals surface area (Å²) in [5.41, 5.74) is 6.40. The third kappa shape index (κ3) is 2.54. The van der Waals surface area contributed by atoms with E-state index in [-0.39, 0.29) is 5.54 Å². The predicted octanol–water partition coefficient (Wildman–Crippen LogP) is 2.67. The van der Waals surface area contributed by atoms with Gasteiger partial charge in [0.15, 0.2) is 0 Å². The van der Waals surface area contributed by atoms with Gasteiger partial charge in [0.2, 0.25) is 0 Å². The molecule has 4 heteroatoms. The molecule has 1 aromatic rings. The first-order valence-corrected chi connectivity index (χ1v) is 6.43. The molecule has 0 aromatic heterocycles. The molecule has 1 fully saturated rings. The molecular weight excluding hydrogens is 234 g/mol. The van der Waals surface area contributed by atoms with Crippen molar-refractivity contribution in [1.82, 2.24) is 4.90 Å². The van der Waals surface area contributed by atoms with Crippen LogP contribution in [0.2, 0.25) is 0 Å². The van der Waals surface area contributed by atoms with Crippen LogP contribution < -0.4 is 5.73 Å². The Morgan fingerprint density at radius 2 is 1.94 bits per heavy atom. The van der Waals surface area contributed by atoms with Crippen LogP contribution in [0.4, 0.5) is 8.78 Å². The number of hydrogen-bond donors (Lipinski definition) is 1. The molecule has 0 saturated heterocycles. The molecule has 0 amide bonds. The van der Waals surface area contributed by atoms with E-state index in [9.17, 15) is 8.78 Å². The van der Waals surface area contributed by atoms with Crippen LogP contribution in [0.1, 0.15) is 31.2 Å². The first-order valence-electron chi connectivity index (χ1n) is 6.43. The van der Waals surface area contributed by atoms with Gasteiger partial charge in [-0.1, -0.05) is 18.9 Å². The van der Waals surface area contributed by atoms with Crippen LogP contribution >= 0.6 is 0 Å². The van der Waals surface area contributed by atoms with Crippen LogP contribution in [0, 0.1) is 11.6 Å². The second kappa shape index (κ2) is 5.33. The first kappa shape index (κ1) is 13.4. The van der Waals surface area contributed by atoms with E-state index < -0.39 is 11.6 Å².